The van der Waals surface area contributed by atoms with Gasteiger partial charge in [0.15, 0.2) is 0 Å². The Bertz CT molecular complexity index is 1020. The molecule has 0 saturated carbocycles. The third-order valence-electron chi connectivity index (χ3n) is 11.4. The Hall–Kier alpha value is -2.89. The van der Waals surface area contributed by atoms with E-state index in [-0.39, 0.29) is 62.0 Å². The van der Waals surface area contributed by atoms with E-state index >= 15 is 0 Å². The van der Waals surface area contributed by atoms with E-state index in [2.05, 4.69) is 54.2 Å². The monoisotopic (exact) mass is 917 g/mol. The van der Waals surface area contributed by atoms with E-state index in [1.165, 1.54) is 159 Å². The summed E-state index contributed by atoms with van der Waals surface area (Å²) in [5.74, 6) is -1.74. The Morgan fingerprint density at radius 3 is 0.547 bits per heavy atom. The van der Waals surface area contributed by atoms with Crippen LogP contribution in [0.4, 0.5) is 0 Å². The van der Waals surface area contributed by atoms with Crippen LogP contribution in [-0.2, 0) is 47.7 Å². The molecule has 16 nitrogen and oxygen atoms in total. The lowest BCUT2D eigenvalue weighted by atomic mass is 10.2. The van der Waals surface area contributed by atoms with Crippen molar-refractivity contribution in [3.05, 3.63) is 0 Å². The molecular weight excluding hydrogens is 821 g/mol. The zero-order valence-electron chi connectivity index (χ0n) is 42.6. The van der Waals surface area contributed by atoms with Gasteiger partial charge in [0, 0.05) is 85.1 Å². The number of nitrogens with zero attached hydrogens (tertiary/aromatic N) is 6. The highest BCUT2D eigenvalue weighted by Crippen LogP contribution is 2.06. The molecule has 0 spiro atoms. The molecule has 0 fully saturated rings. The summed E-state index contributed by atoms with van der Waals surface area (Å²) in [5, 5.41) is 0. The molecule has 378 valence electrons. The maximum absolute atomic E-state index is 11.8. The van der Waals surface area contributed by atoms with Gasteiger partial charge in [0.1, 0.15) is 0 Å². The number of hydrogen-bond donors (Lipinski definition) is 0. The first-order valence-corrected chi connectivity index (χ1v) is 24.6. The van der Waals surface area contributed by atoms with Gasteiger partial charge >= 0.3 is 29.8 Å². The lowest BCUT2D eigenvalue weighted by Gasteiger charge is -2.30. The molecule has 0 aliphatic carbocycles. The van der Waals surface area contributed by atoms with Gasteiger partial charge in [-0.05, 0) is 64.8 Å². The lowest BCUT2D eigenvalue weighted by Crippen LogP contribution is -2.42. The second kappa shape index (κ2) is 45.3. The third-order valence-corrected chi connectivity index (χ3v) is 11.4. The number of unbranched alkanes of at least 4 members (excludes halogenated alkanes) is 5. The first-order valence-electron chi connectivity index (χ1n) is 24.6. The molecule has 0 aliphatic heterocycles. The largest absolute Gasteiger partial charge is 0.469 e. The average molecular weight is 917 g/mol. The van der Waals surface area contributed by atoms with Gasteiger partial charge < -0.3 is 53.1 Å². The van der Waals surface area contributed by atoms with Crippen LogP contribution in [0.15, 0.2) is 0 Å². The molecule has 0 bridgehead atoms. The van der Waals surface area contributed by atoms with Crippen LogP contribution in [0.2, 0.25) is 0 Å². The number of carbonyl (C=O) groups is 5. The van der Waals surface area contributed by atoms with E-state index in [1.54, 1.807) is 0 Å². The Balaban J connectivity index is 0. The number of carbonyl (C=O) groups excluding carboxylic acids is 5. The van der Waals surface area contributed by atoms with Crippen molar-refractivity contribution in [3.8, 4) is 0 Å². The van der Waals surface area contributed by atoms with E-state index in [9.17, 15) is 24.0 Å². The fourth-order valence-electron chi connectivity index (χ4n) is 6.81. The van der Waals surface area contributed by atoms with E-state index in [4.69, 9.17) is 23.7 Å². The van der Waals surface area contributed by atoms with Crippen LogP contribution >= 0.6 is 0 Å². The maximum atomic E-state index is 11.8. The van der Waals surface area contributed by atoms with Gasteiger partial charge in [-0.1, -0.05) is 66.7 Å². The van der Waals surface area contributed by atoms with Crippen LogP contribution in [-0.4, -0.2) is 213 Å². The smallest absolute Gasteiger partial charge is 0.306 e. The minimum atomic E-state index is -0.350. The molecule has 0 unspecified atom stereocenters. The van der Waals surface area contributed by atoms with Crippen molar-refractivity contribution in [2.45, 2.75) is 131 Å². The Labute approximate surface area is 390 Å². The van der Waals surface area contributed by atoms with Crippen LogP contribution in [0.3, 0.4) is 0 Å². The SMILES string of the molecule is CCCCN(CCCC)CCN(CCCC)CCN(CCCC)CCCC.COC(=O)CCN(CCC(=O)OC)CCN(CCC(=O)OC)CCN(CCC(=O)OC)CCC(=O)OC. The summed E-state index contributed by atoms with van der Waals surface area (Å²) < 4.78 is 23.7. The van der Waals surface area contributed by atoms with Crippen molar-refractivity contribution in [1.29, 1.82) is 0 Å². The maximum Gasteiger partial charge on any atom is 0.306 e. The standard InChI is InChI=1S/C24H43N3O10.C24H53N3/c1-33-20(28)6-11-25(12-7-21(29)34-2)16-18-27(15-10-24(32)37-5)19-17-26(13-8-22(30)35-3)14-9-23(31)36-4;1-6-11-16-25(17-12-7-2)21-23-27(20-15-10-5)24-22-26(18-13-8-3)19-14-9-4/h6-19H2,1-5H3;6-24H2,1-5H3. The minimum Gasteiger partial charge on any atom is -0.469 e. The zero-order valence-corrected chi connectivity index (χ0v) is 42.6. The van der Waals surface area contributed by atoms with Crippen molar-refractivity contribution in [2.24, 2.45) is 0 Å². The summed E-state index contributed by atoms with van der Waals surface area (Å²) in [6.45, 7) is 27.2. The topological polar surface area (TPSA) is 151 Å². The fourth-order valence-corrected chi connectivity index (χ4v) is 6.81. The van der Waals surface area contributed by atoms with Crippen molar-refractivity contribution in [2.75, 3.05) is 153 Å². The fraction of sp³-hybridized carbons (Fsp3) is 0.896. The van der Waals surface area contributed by atoms with Gasteiger partial charge in [-0.15, -0.1) is 0 Å². The Morgan fingerprint density at radius 1 is 0.250 bits per heavy atom. The molecule has 0 radical (unpaired) electrons. The predicted molar refractivity (Wildman–Crippen MR) is 256 cm³/mol. The Kier molecular flexibility index (Phi) is 44.7. The summed E-state index contributed by atoms with van der Waals surface area (Å²) in [5.41, 5.74) is 0. The minimum absolute atomic E-state index is 0.175. The van der Waals surface area contributed by atoms with Crippen LogP contribution in [0.1, 0.15) is 131 Å². The quantitative estimate of drug-likeness (QED) is 0.0552. The summed E-state index contributed by atoms with van der Waals surface area (Å²) in [6, 6.07) is 0. The van der Waals surface area contributed by atoms with Crippen LogP contribution in [0.5, 0.6) is 0 Å². The van der Waals surface area contributed by atoms with Crippen molar-refractivity contribution < 1.29 is 47.7 Å². The van der Waals surface area contributed by atoms with Gasteiger partial charge in [0.05, 0.1) is 67.7 Å². The first-order chi connectivity index (χ1) is 30.9. The van der Waals surface area contributed by atoms with E-state index in [0.717, 1.165) is 0 Å². The second-order valence-electron chi connectivity index (χ2n) is 16.4. The molecule has 16 heteroatoms. The Morgan fingerprint density at radius 2 is 0.391 bits per heavy atom. The van der Waals surface area contributed by atoms with Gasteiger partial charge in [-0.3, -0.25) is 24.0 Å². The average Bonchev–Trinajstić information content (AvgIpc) is 3.32. The predicted octanol–water partition coefficient (Wildman–Crippen LogP) is 5.60. The molecule has 0 saturated heterocycles. The van der Waals surface area contributed by atoms with E-state index < -0.39 is 0 Å². The number of esters is 5. The summed E-state index contributed by atoms with van der Waals surface area (Å²) >= 11 is 0. The summed E-state index contributed by atoms with van der Waals surface area (Å²) in [4.78, 5) is 72.4. The molecule has 0 aromatic heterocycles. The molecule has 0 amide bonds. The highest BCUT2D eigenvalue weighted by molar-refractivity contribution is 5.71. The number of rotatable bonds is 42. The number of methoxy groups -OCH3 is 5. The normalized spacial score (nSPS) is 11.4. The van der Waals surface area contributed by atoms with Crippen LogP contribution in [0, 0.1) is 0 Å². The highest BCUT2D eigenvalue weighted by atomic mass is 16.5. The molecule has 0 aromatic rings. The molecule has 0 aromatic carbocycles. The molecule has 64 heavy (non-hydrogen) atoms. The lowest BCUT2D eigenvalue weighted by molar-refractivity contribution is -0.142. The molecule has 0 heterocycles. The van der Waals surface area contributed by atoms with Gasteiger partial charge in [0.2, 0.25) is 0 Å². The molecule has 0 N–H and O–H groups in total. The van der Waals surface area contributed by atoms with Gasteiger partial charge in [-0.25, -0.2) is 0 Å². The summed E-state index contributed by atoms with van der Waals surface area (Å²) in [7, 11) is 6.61. The van der Waals surface area contributed by atoms with E-state index in [1.807, 2.05) is 9.80 Å². The third kappa shape index (κ3) is 38.4. The molecule has 0 rings (SSSR count). The van der Waals surface area contributed by atoms with Crippen LogP contribution < -0.4 is 0 Å². The first kappa shape index (κ1) is 63.2. The summed E-state index contributed by atoms with van der Waals surface area (Å²) in [6.07, 6.45) is 14.2. The second-order valence-corrected chi connectivity index (χ2v) is 16.4. The van der Waals surface area contributed by atoms with Gasteiger partial charge in [-0.2, -0.15) is 0 Å². The van der Waals surface area contributed by atoms with Crippen molar-refractivity contribution >= 4 is 29.8 Å². The molecular formula is C48H96N6O10. The number of hydrogen-bond acceptors (Lipinski definition) is 16. The van der Waals surface area contributed by atoms with Gasteiger partial charge in [0.25, 0.3) is 0 Å². The highest BCUT2D eigenvalue weighted by Gasteiger charge is 2.18. The molecule has 0 atom stereocenters. The van der Waals surface area contributed by atoms with Crippen molar-refractivity contribution in [1.82, 2.24) is 29.4 Å². The van der Waals surface area contributed by atoms with Crippen LogP contribution in [0.25, 0.3) is 0 Å². The zero-order chi connectivity index (χ0) is 48.2. The molecule has 0 aliphatic rings. The van der Waals surface area contributed by atoms with E-state index in [0.29, 0.717) is 58.9 Å². The number of ether oxygens (including phenoxy) is 5. The van der Waals surface area contributed by atoms with Crippen molar-refractivity contribution in [3.63, 3.8) is 0 Å².